The fraction of sp³-hybridized carbons (Fsp3) is 0.389. The minimum atomic E-state index is -3.14. The van der Waals surface area contributed by atoms with Crippen LogP contribution in [0.1, 0.15) is 50.6 Å². The van der Waals surface area contributed by atoms with Gasteiger partial charge in [-0.05, 0) is 38.5 Å². The first kappa shape index (κ1) is 21.9. The first-order valence-electron chi connectivity index (χ1n) is 7.98. The number of aromatic nitrogens is 1. The average Bonchev–Trinajstić information content (AvgIpc) is 2.56. The highest BCUT2D eigenvalue weighted by Crippen LogP contribution is 2.33. The van der Waals surface area contributed by atoms with Gasteiger partial charge in [-0.15, -0.1) is 4.72 Å². The van der Waals surface area contributed by atoms with E-state index in [1.54, 1.807) is 20.8 Å². The second-order valence-electron chi connectivity index (χ2n) is 7.06. The Morgan fingerprint density at radius 3 is 2.22 bits per heavy atom. The lowest BCUT2D eigenvalue weighted by Crippen LogP contribution is -2.41. The van der Waals surface area contributed by atoms with Gasteiger partial charge in [-0.25, -0.2) is 8.78 Å². The number of nitrogens with zero attached hydrogens (tertiary/aromatic N) is 1. The Balaban J connectivity index is 2.52. The standard InChI is InChI=1S/C18H19ClF4N2OS/c1-17(2,3)27(26)25-16(11-6-7-12(20)14(19)15(11)21)10-5-8-13(24-9-10)18(4,22)23/h5-9,16,25H,1-4H3/t16-,27-/m1/s1. The third kappa shape index (κ3) is 5.13. The van der Waals surface area contributed by atoms with Crippen LogP contribution in [0.2, 0.25) is 5.02 Å². The molecule has 27 heavy (non-hydrogen) atoms. The number of rotatable bonds is 5. The Hall–Kier alpha value is -1.35. The molecule has 0 amide bonds. The first-order chi connectivity index (χ1) is 12.3. The van der Waals surface area contributed by atoms with Gasteiger partial charge in [0, 0.05) is 30.0 Å². The summed E-state index contributed by atoms with van der Waals surface area (Å²) in [6, 6.07) is 3.55. The highest BCUT2D eigenvalue weighted by molar-refractivity contribution is 7.90. The molecule has 1 N–H and O–H groups in total. The van der Waals surface area contributed by atoms with E-state index < -0.39 is 50.4 Å². The van der Waals surface area contributed by atoms with Crippen LogP contribution in [-0.2, 0) is 17.3 Å². The van der Waals surface area contributed by atoms with Crippen molar-refractivity contribution in [2.24, 2.45) is 0 Å². The van der Waals surface area contributed by atoms with E-state index in [0.29, 0.717) is 6.92 Å². The molecule has 3 nitrogen and oxygen atoms in total. The maximum absolute atomic E-state index is 14.6. The Kier molecular flexibility index (Phi) is 6.46. The van der Waals surface area contributed by atoms with Gasteiger partial charge in [0.2, 0.25) is 0 Å². The molecule has 0 saturated heterocycles. The van der Waals surface area contributed by atoms with Crippen LogP contribution < -0.4 is 4.72 Å². The van der Waals surface area contributed by atoms with Crippen molar-refractivity contribution in [1.29, 1.82) is 0 Å². The van der Waals surface area contributed by atoms with E-state index in [0.717, 1.165) is 24.4 Å². The second kappa shape index (κ2) is 7.95. The van der Waals surface area contributed by atoms with E-state index in [9.17, 15) is 22.1 Å². The number of pyridine rings is 1. The number of halogens is 5. The first-order valence-corrected chi connectivity index (χ1v) is 9.51. The summed E-state index contributed by atoms with van der Waals surface area (Å²) in [7, 11) is 0. The Morgan fingerprint density at radius 2 is 1.74 bits per heavy atom. The van der Waals surface area contributed by atoms with Gasteiger partial charge in [-0.3, -0.25) is 4.98 Å². The molecule has 0 aliphatic heterocycles. The molecule has 0 radical (unpaired) electrons. The molecule has 2 atom stereocenters. The van der Waals surface area contributed by atoms with Crippen molar-refractivity contribution in [2.75, 3.05) is 0 Å². The molecule has 0 spiro atoms. The molecule has 1 heterocycles. The third-order valence-corrected chi connectivity index (χ3v) is 5.64. The van der Waals surface area contributed by atoms with Crippen LogP contribution in [0, 0.1) is 11.6 Å². The molecule has 0 bridgehead atoms. The third-order valence-electron chi connectivity index (χ3n) is 3.73. The lowest BCUT2D eigenvalue weighted by Gasteiger charge is -2.28. The summed E-state index contributed by atoms with van der Waals surface area (Å²) in [6.45, 7) is 5.83. The SMILES string of the molecule is CC(F)(F)c1ccc([C@@H](N[S@+]([O-])C(C)(C)C)c2ccc(F)c(Cl)c2F)cn1. The number of alkyl halides is 2. The van der Waals surface area contributed by atoms with E-state index >= 15 is 0 Å². The molecule has 1 aromatic heterocycles. The molecular formula is C18H19ClF4N2OS. The monoisotopic (exact) mass is 422 g/mol. The summed E-state index contributed by atoms with van der Waals surface area (Å²) >= 11 is 4.02. The smallest absolute Gasteiger partial charge is 0.286 e. The lowest BCUT2D eigenvalue weighted by molar-refractivity contribution is 0.0127. The van der Waals surface area contributed by atoms with E-state index in [4.69, 9.17) is 11.6 Å². The number of hydrogen-bond donors (Lipinski definition) is 1. The van der Waals surface area contributed by atoms with Crippen molar-refractivity contribution in [3.05, 3.63) is 63.9 Å². The molecule has 0 aliphatic carbocycles. The summed E-state index contributed by atoms with van der Waals surface area (Å²) in [5.74, 6) is -5.10. The summed E-state index contributed by atoms with van der Waals surface area (Å²) in [5.41, 5.74) is -0.251. The van der Waals surface area contributed by atoms with Crippen molar-refractivity contribution in [1.82, 2.24) is 9.71 Å². The van der Waals surface area contributed by atoms with E-state index in [1.807, 2.05) is 0 Å². The van der Waals surface area contributed by atoms with Crippen molar-refractivity contribution in [3.8, 4) is 0 Å². The van der Waals surface area contributed by atoms with Gasteiger partial charge in [-0.2, -0.15) is 8.78 Å². The van der Waals surface area contributed by atoms with Gasteiger partial charge >= 0.3 is 0 Å². The quantitative estimate of drug-likeness (QED) is 0.406. The van der Waals surface area contributed by atoms with Crippen LogP contribution in [-0.4, -0.2) is 14.3 Å². The molecule has 148 valence electrons. The van der Waals surface area contributed by atoms with Crippen molar-refractivity contribution in [3.63, 3.8) is 0 Å². The molecule has 2 rings (SSSR count). The van der Waals surface area contributed by atoms with Crippen LogP contribution in [0.4, 0.5) is 17.6 Å². The van der Waals surface area contributed by atoms with E-state index in [-0.39, 0.29) is 11.1 Å². The topological polar surface area (TPSA) is 48.0 Å². The maximum atomic E-state index is 14.6. The molecule has 0 fully saturated rings. The summed E-state index contributed by atoms with van der Waals surface area (Å²) in [4.78, 5) is 3.72. The van der Waals surface area contributed by atoms with Gasteiger partial charge in [0.05, 0.1) is 0 Å². The minimum absolute atomic E-state index is 0.0724. The molecule has 1 aromatic carbocycles. The van der Waals surface area contributed by atoms with Crippen LogP contribution in [0.25, 0.3) is 0 Å². The number of nitrogens with one attached hydrogen (secondary N) is 1. The highest BCUT2D eigenvalue weighted by atomic mass is 35.5. The van der Waals surface area contributed by atoms with Crippen molar-refractivity contribution in [2.45, 2.75) is 44.4 Å². The van der Waals surface area contributed by atoms with Gasteiger partial charge < -0.3 is 4.55 Å². The highest BCUT2D eigenvalue weighted by Gasteiger charge is 2.33. The molecule has 0 unspecified atom stereocenters. The van der Waals surface area contributed by atoms with Gasteiger partial charge in [0.25, 0.3) is 5.92 Å². The zero-order valence-corrected chi connectivity index (χ0v) is 16.7. The second-order valence-corrected chi connectivity index (χ2v) is 9.44. The normalized spacial score (nSPS) is 14.9. The molecule has 0 aliphatic rings. The molecule has 2 aromatic rings. The molecule has 0 saturated carbocycles. The van der Waals surface area contributed by atoms with Gasteiger partial charge in [-0.1, -0.05) is 23.7 Å². The average molecular weight is 423 g/mol. The van der Waals surface area contributed by atoms with Crippen molar-refractivity contribution < 1.29 is 22.1 Å². The maximum Gasteiger partial charge on any atom is 0.286 e. The Morgan fingerprint density at radius 1 is 1.11 bits per heavy atom. The Labute approximate surface area is 163 Å². The van der Waals surface area contributed by atoms with Gasteiger partial charge in [0.1, 0.15) is 33.1 Å². The van der Waals surface area contributed by atoms with E-state index in [1.165, 1.54) is 6.07 Å². The fourth-order valence-corrected chi connectivity index (χ4v) is 3.20. The van der Waals surface area contributed by atoms with Crippen molar-refractivity contribution >= 4 is 23.0 Å². The van der Waals surface area contributed by atoms with Crippen LogP contribution in [0.15, 0.2) is 30.5 Å². The van der Waals surface area contributed by atoms with E-state index in [2.05, 4.69) is 9.71 Å². The van der Waals surface area contributed by atoms with Gasteiger partial charge in [0.15, 0.2) is 0 Å². The largest absolute Gasteiger partial charge is 0.598 e. The number of benzene rings is 1. The zero-order valence-electron chi connectivity index (χ0n) is 15.1. The predicted molar refractivity (Wildman–Crippen MR) is 98.0 cm³/mol. The summed E-state index contributed by atoms with van der Waals surface area (Å²) in [5, 5.41) is -0.703. The van der Waals surface area contributed by atoms with Crippen LogP contribution in [0.5, 0.6) is 0 Å². The van der Waals surface area contributed by atoms with Crippen LogP contribution >= 0.6 is 11.6 Å². The Bertz CT molecular complexity index is 807. The molecule has 9 heteroatoms. The summed E-state index contributed by atoms with van der Waals surface area (Å²) in [6.07, 6.45) is 1.14. The lowest BCUT2D eigenvalue weighted by atomic mass is 10.00. The van der Waals surface area contributed by atoms with Crippen LogP contribution in [0.3, 0.4) is 0 Å². The molecular weight excluding hydrogens is 404 g/mol. The fourth-order valence-electron chi connectivity index (χ4n) is 2.19. The number of hydrogen-bond acceptors (Lipinski definition) is 3. The summed E-state index contributed by atoms with van der Waals surface area (Å²) < 4.78 is 69.5. The predicted octanol–water partition coefficient (Wildman–Crippen LogP) is 5.27. The zero-order chi connectivity index (χ0) is 20.6. The minimum Gasteiger partial charge on any atom is -0.598 e.